The first-order chi connectivity index (χ1) is 6.13. The first kappa shape index (κ1) is 10.5. The van der Waals surface area contributed by atoms with E-state index in [-0.39, 0.29) is 4.48 Å². The Kier molecular flexibility index (Phi) is 3.69. The zero-order chi connectivity index (χ0) is 9.84. The first-order valence-electron chi connectivity index (χ1n) is 3.47. The molecule has 0 spiro atoms. The number of hydrogen-bond acceptors (Lipinski definition) is 1. The van der Waals surface area contributed by atoms with Crippen LogP contribution in [0.3, 0.4) is 0 Å². The SMILES string of the molecule is O=C(O)/C(Br)=C(\Br)c1ccccc1. The number of hydrogen-bond donors (Lipinski definition) is 1. The minimum absolute atomic E-state index is 0.124. The van der Waals surface area contributed by atoms with Gasteiger partial charge in [0.15, 0.2) is 0 Å². The molecule has 1 aromatic carbocycles. The molecule has 0 aliphatic rings. The standard InChI is InChI=1S/C9H6Br2O2/c10-7(8(11)9(12)13)6-4-2-1-3-5-6/h1-5H,(H,12,13)/b8-7+. The highest BCUT2D eigenvalue weighted by atomic mass is 79.9. The molecule has 0 saturated heterocycles. The van der Waals surface area contributed by atoms with E-state index in [0.717, 1.165) is 5.56 Å². The average molecular weight is 306 g/mol. The molecule has 0 aromatic heterocycles. The van der Waals surface area contributed by atoms with Gasteiger partial charge in [0, 0.05) is 4.48 Å². The lowest BCUT2D eigenvalue weighted by Gasteiger charge is -1.99. The summed E-state index contributed by atoms with van der Waals surface area (Å²) in [6, 6.07) is 9.22. The highest BCUT2D eigenvalue weighted by Gasteiger charge is 2.09. The quantitative estimate of drug-likeness (QED) is 0.852. The molecular formula is C9H6Br2O2. The second kappa shape index (κ2) is 4.58. The van der Waals surface area contributed by atoms with Crippen LogP contribution in [0.1, 0.15) is 5.56 Å². The molecule has 0 aliphatic heterocycles. The van der Waals surface area contributed by atoms with Crippen LogP contribution in [-0.4, -0.2) is 11.1 Å². The number of carboxylic acid groups (broad SMARTS) is 1. The Morgan fingerprint density at radius 1 is 1.15 bits per heavy atom. The van der Waals surface area contributed by atoms with Crippen LogP contribution < -0.4 is 0 Å². The minimum Gasteiger partial charge on any atom is -0.477 e. The normalized spacial score (nSPS) is 12.2. The molecule has 0 fully saturated rings. The lowest BCUT2D eigenvalue weighted by Crippen LogP contribution is -1.94. The summed E-state index contributed by atoms with van der Waals surface area (Å²) in [7, 11) is 0. The highest BCUT2D eigenvalue weighted by molar-refractivity contribution is 9.16. The van der Waals surface area contributed by atoms with Gasteiger partial charge in [-0.05, 0) is 37.4 Å². The molecule has 2 nitrogen and oxygen atoms in total. The second-order valence-electron chi connectivity index (χ2n) is 2.30. The van der Waals surface area contributed by atoms with E-state index in [2.05, 4.69) is 31.9 Å². The Morgan fingerprint density at radius 3 is 2.15 bits per heavy atom. The van der Waals surface area contributed by atoms with Crippen molar-refractivity contribution in [3.63, 3.8) is 0 Å². The van der Waals surface area contributed by atoms with E-state index in [9.17, 15) is 4.79 Å². The summed E-state index contributed by atoms with van der Waals surface area (Å²) in [5, 5.41) is 8.68. The topological polar surface area (TPSA) is 37.3 Å². The number of aliphatic carboxylic acids is 1. The lowest BCUT2D eigenvalue weighted by atomic mass is 10.2. The van der Waals surface area contributed by atoms with Crippen LogP contribution in [0.25, 0.3) is 4.48 Å². The Morgan fingerprint density at radius 2 is 1.69 bits per heavy atom. The average Bonchev–Trinajstić information content (AvgIpc) is 2.17. The first-order valence-corrected chi connectivity index (χ1v) is 5.05. The number of halogens is 2. The molecule has 0 unspecified atom stereocenters. The van der Waals surface area contributed by atoms with Gasteiger partial charge in [0.25, 0.3) is 0 Å². The van der Waals surface area contributed by atoms with Gasteiger partial charge in [-0.1, -0.05) is 30.3 Å². The monoisotopic (exact) mass is 304 g/mol. The molecule has 1 rings (SSSR count). The predicted molar refractivity (Wildman–Crippen MR) is 58.9 cm³/mol. The van der Waals surface area contributed by atoms with E-state index in [1.165, 1.54) is 0 Å². The van der Waals surface area contributed by atoms with Crippen LogP contribution in [-0.2, 0) is 4.79 Å². The van der Waals surface area contributed by atoms with Crippen molar-refractivity contribution in [1.29, 1.82) is 0 Å². The van der Waals surface area contributed by atoms with E-state index in [1.54, 1.807) is 0 Å². The van der Waals surface area contributed by atoms with Gasteiger partial charge in [0.05, 0.1) is 0 Å². The second-order valence-corrected chi connectivity index (χ2v) is 3.89. The van der Waals surface area contributed by atoms with Gasteiger partial charge in [0.2, 0.25) is 0 Å². The van der Waals surface area contributed by atoms with Gasteiger partial charge in [-0.2, -0.15) is 0 Å². The Hall–Kier alpha value is -0.610. The van der Waals surface area contributed by atoms with Crippen LogP contribution >= 0.6 is 31.9 Å². The summed E-state index contributed by atoms with van der Waals surface area (Å²) in [4.78, 5) is 10.6. The molecule has 4 heteroatoms. The zero-order valence-corrected chi connectivity index (χ0v) is 9.67. The molecule has 1 N–H and O–H groups in total. The lowest BCUT2D eigenvalue weighted by molar-refractivity contribution is -0.131. The number of benzene rings is 1. The number of rotatable bonds is 2. The van der Waals surface area contributed by atoms with Crippen molar-refractivity contribution < 1.29 is 9.90 Å². The van der Waals surface area contributed by atoms with E-state index in [0.29, 0.717) is 4.48 Å². The van der Waals surface area contributed by atoms with Crippen molar-refractivity contribution in [1.82, 2.24) is 0 Å². The van der Waals surface area contributed by atoms with Crippen molar-refractivity contribution in [2.75, 3.05) is 0 Å². The fourth-order valence-corrected chi connectivity index (χ4v) is 1.47. The van der Waals surface area contributed by atoms with Gasteiger partial charge < -0.3 is 5.11 Å². The summed E-state index contributed by atoms with van der Waals surface area (Å²) in [6.07, 6.45) is 0. The molecule has 1 aromatic rings. The maximum Gasteiger partial charge on any atom is 0.343 e. The molecule has 0 radical (unpaired) electrons. The number of carboxylic acids is 1. The van der Waals surface area contributed by atoms with E-state index in [4.69, 9.17) is 5.11 Å². The summed E-state index contributed by atoms with van der Waals surface area (Å²) in [5.74, 6) is -0.990. The van der Waals surface area contributed by atoms with Crippen LogP contribution in [0, 0.1) is 0 Å². The molecule has 0 atom stereocenters. The van der Waals surface area contributed by atoms with Crippen molar-refractivity contribution in [3.8, 4) is 0 Å². The van der Waals surface area contributed by atoms with Gasteiger partial charge in [-0.15, -0.1) is 0 Å². The maximum atomic E-state index is 10.6. The third-order valence-corrected chi connectivity index (χ3v) is 3.53. The molecule has 68 valence electrons. The van der Waals surface area contributed by atoms with Crippen LogP contribution in [0.15, 0.2) is 34.8 Å². The summed E-state index contributed by atoms with van der Waals surface area (Å²) in [5.41, 5.74) is 0.830. The summed E-state index contributed by atoms with van der Waals surface area (Å²) in [6.45, 7) is 0. The molecule has 0 bridgehead atoms. The third-order valence-electron chi connectivity index (χ3n) is 1.41. The smallest absolute Gasteiger partial charge is 0.343 e. The third kappa shape index (κ3) is 2.67. The highest BCUT2D eigenvalue weighted by Crippen LogP contribution is 2.28. The Bertz CT molecular complexity index is 344. The van der Waals surface area contributed by atoms with Crippen LogP contribution in [0.5, 0.6) is 0 Å². The fraction of sp³-hybridized carbons (Fsp3) is 0. The maximum absolute atomic E-state index is 10.6. The van der Waals surface area contributed by atoms with Gasteiger partial charge in [-0.3, -0.25) is 0 Å². The molecule has 0 aliphatic carbocycles. The van der Waals surface area contributed by atoms with Crippen LogP contribution in [0.2, 0.25) is 0 Å². The van der Waals surface area contributed by atoms with E-state index in [1.807, 2.05) is 30.3 Å². The van der Waals surface area contributed by atoms with E-state index >= 15 is 0 Å². The summed E-state index contributed by atoms with van der Waals surface area (Å²) < 4.78 is 0.666. The van der Waals surface area contributed by atoms with Crippen molar-refractivity contribution in [3.05, 3.63) is 40.4 Å². The zero-order valence-electron chi connectivity index (χ0n) is 6.50. The van der Waals surface area contributed by atoms with Crippen molar-refractivity contribution in [2.45, 2.75) is 0 Å². The largest absolute Gasteiger partial charge is 0.477 e. The Balaban J connectivity index is 3.11. The van der Waals surface area contributed by atoms with E-state index < -0.39 is 5.97 Å². The van der Waals surface area contributed by atoms with Crippen molar-refractivity contribution in [2.24, 2.45) is 0 Å². The Labute approximate surface area is 92.5 Å². The summed E-state index contributed by atoms with van der Waals surface area (Å²) >= 11 is 6.18. The molecule has 0 saturated carbocycles. The van der Waals surface area contributed by atoms with Crippen LogP contribution in [0.4, 0.5) is 0 Å². The minimum atomic E-state index is -0.990. The molecule has 0 amide bonds. The molecular weight excluding hydrogens is 300 g/mol. The molecule has 13 heavy (non-hydrogen) atoms. The van der Waals surface area contributed by atoms with Gasteiger partial charge in [0.1, 0.15) is 4.48 Å². The number of carbonyl (C=O) groups is 1. The fourth-order valence-electron chi connectivity index (χ4n) is 0.805. The van der Waals surface area contributed by atoms with Crippen molar-refractivity contribution >= 4 is 42.3 Å². The van der Waals surface area contributed by atoms with Gasteiger partial charge in [-0.25, -0.2) is 4.79 Å². The molecule has 0 heterocycles. The predicted octanol–water partition coefficient (Wildman–Crippen LogP) is 3.23. The van der Waals surface area contributed by atoms with Gasteiger partial charge >= 0.3 is 5.97 Å².